The lowest BCUT2D eigenvalue weighted by atomic mass is 10.2. The molecule has 3 rings (SSSR count). The summed E-state index contributed by atoms with van der Waals surface area (Å²) in [5.41, 5.74) is 6.80. The van der Waals surface area contributed by atoms with Crippen molar-refractivity contribution in [3.63, 3.8) is 0 Å². The highest BCUT2D eigenvalue weighted by Crippen LogP contribution is 2.40. The fourth-order valence-electron chi connectivity index (χ4n) is 2.89. The second-order valence-electron chi connectivity index (χ2n) is 5.38. The number of rotatable bonds is 2. The minimum Gasteiger partial charge on any atom is -0.496 e. The Labute approximate surface area is 128 Å². The maximum absolute atomic E-state index is 12.8. The highest BCUT2D eigenvalue weighted by atomic mass is 32.1. The van der Waals surface area contributed by atoms with Crippen LogP contribution in [0.15, 0.2) is 18.2 Å². The van der Waals surface area contributed by atoms with Crippen LogP contribution >= 0.6 is 11.3 Å². The summed E-state index contributed by atoms with van der Waals surface area (Å²) in [6.45, 7) is 1.67. The van der Waals surface area contributed by atoms with Crippen molar-refractivity contribution in [2.45, 2.75) is 25.7 Å². The Bertz CT molecular complexity index is 658. The predicted molar refractivity (Wildman–Crippen MR) is 87.2 cm³/mol. The van der Waals surface area contributed by atoms with Crippen LogP contribution in [0.2, 0.25) is 0 Å². The number of nitrogen functional groups attached to an aromatic ring is 1. The number of hydrogen-bond donors (Lipinski definition) is 1. The number of benzene rings is 1. The Morgan fingerprint density at radius 1 is 1.24 bits per heavy atom. The topological polar surface area (TPSA) is 55.6 Å². The molecule has 4 nitrogen and oxygen atoms in total. The number of likely N-dealkylation sites (tertiary alicyclic amines) is 1. The molecule has 0 spiro atoms. The van der Waals surface area contributed by atoms with E-state index in [2.05, 4.69) is 0 Å². The normalized spacial score (nSPS) is 16.0. The van der Waals surface area contributed by atoms with Gasteiger partial charge in [0.1, 0.15) is 10.6 Å². The van der Waals surface area contributed by atoms with E-state index in [4.69, 9.17) is 10.5 Å². The molecule has 0 saturated carbocycles. The van der Waals surface area contributed by atoms with Gasteiger partial charge in [-0.15, -0.1) is 11.3 Å². The summed E-state index contributed by atoms with van der Waals surface area (Å²) in [6, 6.07) is 5.79. The van der Waals surface area contributed by atoms with E-state index in [9.17, 15) is 4.79 Å². The minimum absolute atomic E-state index is 0.0673. The van der Waals surface area contributed by atoms with Gasteiger partial charge in [0.2, 0.25) is 0 Å². The molecule has 0 unspecified atom stereocenters. The lowest BCUT2D eigenvalue weighted by molar-refractivity contribution is 0.0767. The van der Waals surface area contributed by atoms with Crippen molar-refractivity contribution in [1.29, 1.82) is 0 Å². The van der Waals surface area contributed by atoms with Crippen LogP contribution in [0.4, 0.5) is 5.69 Å². The fourth-order valence-corrected chi connectivity index (χ4v) is 3.99. The van der Waals surface area contributed by atoms with Gasteiger partial charge < -0.3 is 15.4 Å². The molecule has 0 radical (unpaired) electrons. The van der Waals surface area contributed by atoms with E-state index in [0.717, 1.165) is 41.8 Å². The lowest BCUT2D eigenvalue weighted by Crippen LogP contribution is -2.31. The van der Waals surface area contributed by atoms with Crippen LogP contribution in [-0.2, 0) is 0 Å². The van der Waals surface area contributed by atoms with Crippen LogP contribution < -0.4 is 10.5 Å². The Hall–Kier alpha value is -1.75. The fraction of sp³-hybridized carbons (Fsp3) is 0.438. The van der Waals surface area contributed by atoms with Crippen molar-refractivity contribution >= 4 is 33.0 Å². The van der Waals surface area contributed by atoms with E-state index in [1.165, 1.54) is 24.2 Å². The van der Waals surface area contributed by atoms with Crippen LogP contribution in [0, 0.1) is 0 Å². The third kappa shape index (κ3) is 2.58. The number of thiophene rings is 1. The second kappa shape index (κ2) is 5.93. The standard InChI is InChI=1S/C16H20N2O2S/c1-20-11-7-6-8-12-13(11)14(17)15(21-12)16(19)18-9-4-2-3-5-10-18/h6-8H,2-5,9-10,17H2,1H3. The number of nitrogens with zero attached hydrogens (tertiary/aromatic N) is 1. The first-order chi connectivity index (χ1) is 10.2. The number of amides is 1. The van der Waals surface area contributed by atoms with Gasteiger partial charge in [-0.1, -0.05) is 18.9 Å². The quantitative estimate of drug-likeness (QED) is 0.923. The van der Waals surface area contributed by atoms with Gasteiger partial charge in [0, 0.05) is 17.8 Å². The predicted octanol–water partition coefficient (Wildman–Crippen LogP) is 3.51. The SMILES string of the molecule is COc1cccc2sc(C(=O)N3CCCCCC3)c(N)c12. The first-order valence-electron chi connectivity index (χ1n) is 7.36. The largest absolute Gasteiger partial charge is 0.496 e. The number of carbonyl (C=O) groups is 1. The molecular weight excluding hydrogens is 284 g/mol. The van der Waals surface area contributed by atoms with Gasteiger partial charge >= 0.3 is 0 Å². The Morgan fingerprint density at radius 2 is 1.95 bits per heavy atom. The van der Waals surface area contributed by atoms with E-state index in [-0.39, 0.29) is 5.91 Å². The Morgan fingerprint density at radius 3 is 2.62 bits per heavy atom. The third-order valence-electron chi connectivity index (χ3n) is 4.02. The van der Waals surface area contributed by atoms with Crippen molar-refractivity contribution in [3.8, 4) is 5.75 Å². The molecule has 1 amide bonds. The maximum atomic E-state index is 12.8. The molecule has 1 saturated heterocycles. The molecular formula is C16H20N2O2S. The molecule has 5 heteroatoms. The van der Waals surface area contributed by atoms with Gasteiger partial charge in [0.25, 0.3) is 5.91 Å². The first-order valence-corrected chi connectivity index (χ1v) is 8.18. The monoisotopic (exact) mass is 304 g/mol. The molecule has 2 heterocycles. The number of anilines is 1. The van der Waals surface area contributed by atoms with Crippen LogP contribution in [-0.4, -0.2) is 31.0 Å². The molecule has 2 aromatic rings. The van der Waals surface area contributed by atoms with Crippen molar-refractivity contribution in [1.82, 2.24) is 4.90 Å². The zero-order valence-corrected chi connectivity index (χ0v) is 13.0. The number of ether oxygens (including phenoxy) is 1. The van der Waals surface area contributed by atoms with Gasteiger partial charge in [-0.05, 0) is 25.0 Å². The van der Waals surface area contributed by atoms with Crippen LogP contribution in [0.3, 0.4) is 0 Å². The Balaban J connectivity index is 2.00. The van der Waals surface area contributed by atoms with Crippen molar-refractivity contribution in [2.24, 2.45) is 0 Å². The van der Waals surface area contributed by atoms with Gasteiger partial charge in [0.05, 0.1) is 18.2 Å². The van der Waals surface area contributed by atoms with Crippen LogP contribution in [0.5, 0.6) is 5.75 Å². The summed E-state index contributed by atoms with van der Waals surface area (Å²) in [7, 11) is 1.63. The molecule has 0 bridgehead atoms. The van der Waals surface area contributed by atoms with E-state index in [1.54, 1.807) is 7.11 Å². The van der Waals surface area contributed by atoms with E-state index in [1.807, 2.05) is 23.1 Å². The molecule has 1 fully saturated rings. The molecule has 1 aliphatic heterocycles. The number of fused-ring (bicyclic) bond motifs is 1. The number of carbonyl (C=O) groups excluding carboxylic acids is 1. The highest BCUT2D eigenvalue weighted by Gasteiger charge is 2.24. The van der Waals surface area contributed by atoms with E-state index >= 15 is 0 Å². The summed E-state index contributed by atoms with van der Waals surface area (Å²) < 4.78 is 6.37. The first kappa shape index (κ1) is 14.2. The van der Waals surface area contributed by atoms with Crippen LogP contribution in [0.25, 0.3) is 10.1 Å². The smallest absolute Gasteiger partial charge is 0.266 e. The second-order valence-corrected chi connectivity index (χ2v) is 6.44. The third-order valence-corrected chi connectivity index (χ3v) is 5.18. The van der Waals surface area contributed by atoms with Crippen LogP contribution in [0.1, 0.15) is 35.4 Å². The molecule has 112 valence electrons. The summed E-state index contributed by atoms with van der Waals surface area (Å²) in [5.74, 6) is 0.800. The number of nitrogens with two attached hydrogens (primary N) is 1. The molecule has 1 aromatic carbocycles. The molecule has 1 aliphatic rings. The number of methoxy groups -OCH3 is 1. The van der Waals surface area contributed by atoms with Crippen molar-refractivity contribution in [2.75, 3.05) is 25.9 Å². The van der Waals surface area contributed by atoms with Gasteiger partial charge in [-0.25, -0.2) is 0 Å². The lowest BCUT2D eigenvalue weighted by Gasteiger charge is -2.19. The van der Waals surface area contributed by atoms with Gasteiger partial charge in [-0.2, -0.15) is 0 Å². The average Bonchev–Trinajstić information content (AvgIpc) is 2.70. The molecule has 1 aromatic heterocycles. The summed E-state index contributed by atoms with van der Waals surface area (Å²) in [6.07, 6.45) is 4.58. The van der Waals surface area contributed by atoms with E-state index in [0.29, 0.717) is 10.6 Å². The zero-order chi connectivity index (χ0) is 14.8. The summed E-state index contributed by atoms with van der Waals surface area (Å²) >= 11 is 1.47. The van der Waals surface area contributed by atoms with Gasteiger partial charge in [0.15, 0.2) is 0 Å². The van der Waals surface area contributed by atoms with Gasteiger partial charge in [-0.3, -0.25) is 4.79 Å². The van der Waals surface area contributed by atoms with Crippen molar-refractivity contribution in [3.05, 3.63) is 23.1 Å². The Kier molecular flexibility index (Phi) is 4.01. The zero-order valence-electron chi connectivity index (χ0n) is 12.2. The molecule has 0 aliphatic carbocycles. The maximum Gasteiger partial charge on any atom is 0.266 e. The highest BCUT2D eigenvalue weighted by molar-refractivity contribution is 7.21. The summed E-state index contributed by atoms with van der Waals surface area (Å²) in [5, 5.41) is 0.864. The summed E-state index contributed by atoms with van der Waals surface area (Å²) in [4.78, 5) is 15.4. The average molecular weight is 304 g/mol. The molecule has 2 N–H and O–H groups in total. The molecule has 0 atom stereocenters. The molecule has 21 heavy (non-hydrogen) atoms. The minimum atomic E-state index is 0.0673. The number of hydrogen-bond acceptors (Lipinski definition) is 4. The van der Waals surface area contributed by atoms with E-state index < -0.39 is 0 Å². The van der Waals surface area contributed by atoms with Crippen molar-refractivity contribution < 1.29 is 9.53 Å².